The molecule has 6 heteroatoms. The van der Waals surface area contributed by atoms with E-state index in [0.29, 0.717) is 37.1 Å². The van der Waals surface area contributed by atoms with Crippen molar-refractivity contribution in [3.63, 3.8) is 0 Å². The first-order valence-electron chi connectivity index (χ1n) is 9.65. The third-order valence-corrected chi connectivity index (χ3v) is 5.05. The summed E-state index contributed by atoms with van der Waals surface area (Å²) >= 11 is 0. The average Bonchev–Trinajstić information content (AvgIpc) is 3.14. The topological polar surface area (TPSA) is 73.6 Å². The van der Waals surface area contributed by atoms with Crippen molar-refractivity contribution in [1.82, 2.24) is 10.3 Å². The normalized spacial score (nSPS) is 13.2. The van der Waals surface area contributed by atoms with Gasteiger partial charge in [0.1, 0.15) is 19.0 Å². The second-order valence-electron chi connectivity index (χ2n) is 7.71. The molecular weight excluding hydrogens is 368 g/mol. The highest BCUT2D eigenvalue weighted by Crippen LogP contribution is 2.35. The summed E-state index contributed by atoms with van der Waals surface area (Å²) in [6, 6.07) is 15.4. The van der Waals surface area contributed by atoms with Crippen LogP contribution in [-0.2, 0) is 5.41 Å². The Morgan fingerprint density at radius 1 is 1.07 bits per heavy atom. The molecule has 1 aliphatic rings. The molecule has 0 aliphatic carbocycles. The lowest BCUT2D eigenvalue weighted by molar-refractivity contribution is 0.0939. The average molecular weight is 392 g/mol. The van der Waals surface area contributed by atoms with Crippen LogP contribution in [0.1, 0.15) is 35.7 Å². The lowest BCUT2D eigenvalue weighted by Crippen LogP contribution is -2.37. The summed E-state index contributed by atoms with van der Waals surface area (Å²) in [6.07, 6.45) is 0. The predicted octanol–water partition coefficient (Wildman–Crippen LogP) is 4.13. The molecule has 29 heavy (non-hydrogen) atoms. The summed E-state index contributed by atoms with van der Waals surface area (Å²) in [4.78, 5) is 17.1. The van der Waals surface area contributed by atoms with Gasteiger partial charge in [-0.15, -0.1) is 0 Å². The molecule has 2 heterocycles. The van der Waals surface area contributed by atoms with Crippen molar-refractivity contribution < 1.29 is 18.7 Å². The summed E-state index contributed by atoms with van der Waals surface area (Å²) in [5, 5.41) is 2.99. The maximum absolute atomic E-state index is 12.7. The Bertz CT molecular complexity index is 1020. The van der Waals surface area contributed by atoms with E-state index < -0.39 is 0 Å². The van der Waals surface area contributed by atoms with Crippen LogP contribution < -0.4 is 14.8 Å². The van der Waals surface area contributed by atoms with Gasteiger partial charge in [-0.25, -0.2) is 4.98 Å². The van der Waals surface area contributed by atoms with Gasteiger partial charge in [0, 0.05) is 17.5 Å². The maximum Gasteiger partial charge on any atom is 0.273 e. The number of hydrogen-bond acceptors (Lipinski definition) is 5. The standard InChI is InChI=1S/C23H24N2O4/c1-15-20(25-22(29-15)16-7-5-4-6-8-16)21(26)24-14-23(2,3)17-9-10-18-19(13-17)28-12-11-27-18/h4-10,13H,11-12,14H2,1-3H3,(H,24,26). The zero-order chi connectivity index (χ0) is 20.4. The number of carbonyl (C=O) groups excluding carboxylic acids is 1. The summed E-state index contributed by atoms with van der Waals surface area (Å²) in [5.41, 5.74) is 1.91. The van der Waals surface area contributed by atoms with Crippen molar-refractivity contribution in [2.24, 2.45) is 0 Å². The van der Waals surface area contributed by atoms with Crippen molar-refractivity contribution in [2.75, 3.05) is 19.8 Å². The highest BCUT2D eigenvalue weighted by molar-refractivity contribution is 5.93. The number of hydrogen-bond donors (Lipinski definition) is 1. The lowest BCUT2D eigenvalue weighted by Gasteiger charge is -2.27. The number of carbonyl (C=O) groups is 1. The molecule has 0 saturated heterocycles. The van der Waals surface area contributed by atoms with Crippen molar-refractivity contribution in [2.45, 2.75) is 26.2 Å². The number of nitrogens with one attached hydrogen (secondary N) is 1. The SMILES string of the molecule is Cc1oc(-c2ccccc2)nc1C(=O)NCC(C)(C)c1ccc2c(c1)OCCO2. The molecule has 1 aliphatic heterocycles. The third-order valence-electron chi connectivity index (χ3n) is 5.05. The van der Waals surface area contributed by atoms with Crippen molar-refractivity contribution in [3.05, 3.63) is 65.5 Å². The summed E-state index contributed by atoms with van der Waals surface area (Å²) in [5.74, 6) is 2.19. The molecule has 0 fully saturated rings. The van der Waals surface area contributed by atoms with E-state index in [1.54, 1.807) is 6.92 Å². The van der Waals surface area contributed by atoms with Gasteiger partial charge >= 0.3 is 0 Å². The van der Waals surface area contributed by atoms with Crippen LogP contribution in [0.5, 0.6) is 11.5 Å². The molecule has 150 valence electrons. The minimum Gasteiger partial charge on any atom is -0.486 e. The Morgan fingerprint density at radius 2 is 1.79 bits per heavy atom. The summed E-state index contributed by atoms with van der Waals surface area (Å²) in [6.45, 7) is 7.45. The largest absolute Gasteiger partial charge is 0.486 e. The molecule has 1 N–H and O–H groups in total. The number of benzene rings is 2. The molecule has 0 bridgehead atoms. The second kappa shape index (κ2) is 7.62. The van der Waals surface area contributed by atoms with Crippen molar-refractivity contribution in [1.29, 1.82) is 0 Å². The van der Waals surface area contributed by atoms with Gasteiger partial charge < -0.3 is 19.2 Å². The van der Waals surface area contributed by atoms with E-state index in [4.69, 9.17) is 13.9 Å². The fraction of sp³-hybridized carbons (Fsp3) is 0.304. The van der Waals surface area contributed by atoms with Crippen LogP contribution in [0.25, 0.3) is 11.5 Å². The van der Waals surface area contributed by atoms with E-state index >= 15 is 0 Å². The zero-order valence-corrected chi connectivity index (χ0v) is 16.8. The van der Waals surface area contributed by atoms with Crippen LogP contribution >= 0.6 is 0 Å². The van der Waals surface area contributed by atoms with E-state index in [-0.39, 0.29) is 11.3 Å². The first-order valence-corrected chi connectivity index (χ1v) is 9.65. The van der Waals surface area contributed by atoms with Gasteiger partial charge in [-0.3, -0.25) is 4.79 Å². The molecule has 0 spiro atoms. The highest BCUT2D eigenvalue weighted by Gasteiger charge is 2.26. The summed E-state index contributed by atoms with van der Waals surface area (Å²) in [7, 11) is 0. The molecule has 1 aromatic heterocycles. The maximum atomic E-state index is 12.7. The van der Waals surface area contributed by atoms with E-state index in [0.717, 1.165) is 22.6 Å². The lowest BCUT2D eigenvalue weighted by atomic mass is 9.84. The van der Waals surface area contributed by atoms with Gasteiger partial charge in [-0.05, 0) is 36.8 Å². The molecule has 1 amide bonds. The van der Waals surface area contributed by atoms with Crippen LogP contribution in [0, 0.1) is 6.92 Å². The Hall–Kier alpha value is -3.28. The number of nitrogens with zero attached hydrogens (tertiary/aromatic N) is 1. The third kappa shape index (κ3) is 3.97. The zero-order valence-electron chi connectivity index (χ0n) is 16.8. The van der Waals surface area contributed by atoms with Gasteiger partial charge in [0.25, 0.3) is 5.91 Å². The first kappa shape index (κ1) is 19.1. The number of aryl methyl sites for hydroxylation is 1. The Balaban J connectivity index is 1.47. The number of ether oxygens (including phenoxy) is 2. The fourth-order valence-corrected chi connectivity index (χ4v) is 3.26. The van der Waals surface area contributed by atoms with Gasteiger partial charge in [-0.1, -0.05) is 38.1 Å². The summed E-state index contributed by atoms with van der Waals surface area (Å²) < 4.78 is 17.0. The van der Waals surface area contributed by atoms with Crippen molar-refractivity contribution >= 4 is 5.91 Å². The van der Waals surface area contributed by atoms with Crippen LogP contribution in [0.15, 0.2) is 52.9 Å². The highest BCUT2D eigenvalue weighted by atomic mass is 16.6. The number of rotatable bonds is 5. The van der Waals surface area contributed by atoms with Gasteiger partial charge in [-0.2, -0.15) is 0 Å². The van der Waals surface area contributed by atoms with Gasteiger partial charge in [0.2, 0.25) is 5.89 Å². The molecular formula is C23H24N2O4. The molecule has 3 aromatic rings. The number of fused-ring (bicyclic) bond motifs is 1. The molecule has 0 radical (unpaired) electrons. The van der Waals surface area contributed by atoms with Crippen LogP contribution in [0.4, 0.5) is 0 Å². The number of amides is 1. The quantitative estimate of drug-likeness (QED) is 0.707. The monoisotopic (exact) mass is 392 g/mol. The molecule has 0 unspecified atom stereocenters. The molecule has 0 atom stereocenters. The molecule has 0 saturated carbocycles. The smallest absolute Gasteiger partial charge is 0.273 e. The first-order chi connectivity index (χ1) is 13.9. The van der Waals surface area contributed by atoms with Crippen LogP contribution in [-0.4, -0.2) is 30.6 Å². The Labute approximate surface area is 169 Å². The van der Waals surface area contributed by atoms with Crippen LogP contribution in [0.2, 0.25) is 0 Å². The van der Waals surface area contributed by atoms with E-state index in [2.05, 4.69) is 24.1 Å². The fourth-order valence-electron chi connectivity index (χ4n) is 3.26. The molecule has 6 nitrogen and oxygen atoms in total. The van der Waals surface area contributed by atoms with E-state index in [1.165, 1.54) is 0 Å². The molecule has 2 aromatic carbocycles. The Kier molecular flexibility index (Phi) is 5.01. The minimum atomic E-state index is -0.300. The van der Waals surface area contributed by atoms with Crippen molar-refractivity contribution in [3.8, 4) is 23.0 Å². The van der Waals surface area contributed by atoms with Gasteiger partial charge in [0.05, 0.1) is 0 Å². The second-order valence-corrected chi connectivity index (χ2v) is 7.71. The van der Waals surface area contributed by atoms with E-state index in [1.807, 2.05) is 48.5 Å². The predicted molar refractivity (Wildman–Crippen MR) is 109 cm³/mol. The minimum absolute atomic E-state index is 0.251. The Morgan fingerprint density at radius 3 is 2.55 bits per heavy atom. The van der Waals surface area contributed by atoms with Gasteiger partial charge in [0.15, 0.2) is 17.2 Å². The molecule has 4 rings (SSSR count). The van der Waals surface area contributed by atoms with Crippen LogP contribution in [0.3, 0.4) is 0 Å². The number of aromatic nitrogens is 1. The van der Waals surface area contributed by atoms with E-state index in [9.17, 15) is 4.79 Å². The number of oxazole rings is 1.